The van der Waals surface area contributed by atoms with E-state index < -0.39 is 0 Å². The van der Waals surface area contributed by atoms with E-state index in [0.29, 0.717) is 24.3 Å². The highest BCUT2D eigenvalue weighted by Gasteiger charge is 2.06. The van der Waals surface area contributed by atoms with Crippen LogP contribution in [0.4, 0.5) is 0 Å². The number of rotatable bonds is 7. The molecule has 0 aliphatic heterocycles. The predicted octanol–water partition coefficient (Wildman–Crippen LogP) is 0.679. The van der Waals surface area contributed by atoms with Crippen molar-refractivity contribution < 1.29 is 9.90 Å². The quantitative estimate of drug-likeness (QED) is 0.622. The van der Waals surface area contributed by atoms with E-state index >= 15 is 0 Å². The Morgan fingerprint density at radius 2 is 2.39 bits per heavy atom. The van der Waals surface area contributed by atoms with Crippen molar-refractivity contribution >= 4 is 5.91 Å². The number of aliphatic hydroxyl groups excluding tert-OH is 1. The first kappa shape index (κ1) is 14.6. The Bertz CT molecular complexity index is 382. The molecule has 1 atom stereocenters. The van der Waals surface area contributed by atoms with Crippen LogP contribution in [-0.4, -0.2) is 29.1 Å². The van der Waals surface area contributed by atoms with Crippen molar-refractivity contribution in [3.05, 3.63) is 29.6 Å². The smallest absolute Gasteiger partial charge is 0.251 e. The third-order valence-corrected chi connectivity index (χ3v) is 2.76. The number of aromatic nitrogens is 1. The Hall–Kier alpha value is -1.46. The number of hydrogen-bond acceptors (Lipinski definition) is 4. The fourth-order valence-electron chi connectivity index (χ4n) is 1.58. The highest BCUT2D eigenvalue weighted by molar-refractivity contribution is 5.94. The van der Waals surface area contributed by atoms with Gasteiger partial charge >= 0.3 is 0 Å². The predicted molar refractivity (Wildman–Crippen MR) is 69.9 cm³/mol. The van der Waals surface area contributed by atoms with Crippen molar-refractivity contribution in [3.63, 3.8) is 0 Å². The Kier molecular flexibility index (Phi) is 6.32. The lowest BCUT2D eigenvalue weighted by atomic mass is 10.1. The molecule has 100 valence electrons. The first-order valence-corrected chi connectivity index (χ1v) is 6.21. The number of nitrogens with two attached hydrogens (primary N) is 1. The number of nitrogens with one attached hydrogen (secondary N) is 1. The minimum atomic E-state index is -0.108. The van der Waals surface area contributed by atoms with Gasteiger partial charge in [-0.15, -0.1) is 0 Å². The first-order valence-electron chi connectivity index (χ1n) is 6.21. The van der Waals surface area contributed by atoms with Gasteiger partial charge in [-0.25, -0.2) is 0 Å². The molecule has 5 heteroatoms. The van der Waals surface area contributed by atoms with E-state index in [9.17, 15) is 4.79 Å². The van der Waals surface area contributed by atoms with Crippen molar-refractivity contribution in [3.8, 4) is 0 Å². The van der Waals surface area contributed by atoms with Crippen LogP contribution in [0.1, 0.15) is 35.8 Å². The van der Waals surface area contributed by atoms with Crippen molar-refractivity contribution in [1.82, 2.24) is 10.3 Å². The molecular formula is C13H21N3O2. The maximum absolute atomic E-state index is 11.8. The molecule has 1 heterocycles. The van der Waals surface area contributed by atoms with Crippen LogP contribution < -0.4 is 11.1 Å². The highest BCUT2D eigenvalue weighted by Crippen LogP contribution is 2.04. The van der Waals surface area contributed by atoms with Crippen LogP contribution in [0.15, 0.2) is 18.3 Å². The number of hydrogen-bond donors (Lipinski definition) is 3. The lowest BCUT2D eigenvalue weighted by molar-refractivity contribution is 0.0952. The molecule has 0 aliphatic rings. The molecule has 0 saturated heterocycles. The summed E-state index contributed by atoms with van der Waals surface area (Å²) in [7, 11) is 0. The van der Waals surface area contributed by atoms with E-state index in [1.165, 1.54) is 0 Å². The number of amides is 1. The van der Waals surface area contributed by atoms with Crippen LogP contribution in [0.5, 0.6) is 0 Å². The second kappa shape index (κ2) is 7.79. The standard InChI is InChI=1S/C13H21N3O2/c1-10(9-17)3-2-5-16-13(18)11-4-6-15-12(7-11)8-14/h4,6-7,10,17H,2-3,5,8-9,14H2,1H3,(H,16,18). The third kappa shape index (κ3) is 4.81. The van der Waals surface area contributed by atoms with Gasteiger partial charge in [-0.1, -0.05) is 6.92 Å². The second-order valence-electron chi connectivity index (χ2n) is 4.43. The largest absolute Gasteiger partial charge is 0.396 e. The van der Waals surface area contributed by atoms with Gasteiger partial charge in [-0.3, -0.25) is 9.78 Å². The average molecular weight is 251 g/mol. The fraction of sp³-hybridized carbons (Fsp3) is 0.538. The number of pyridine rings is 1. The van der Waals surface area contributed by atoms with Crippen LogP contribution in [-0.2, 0) is 6.54 Å². The Balaban J connectivity index is 2.36. The summed E-state index contributed by atoms with van der Waals surface area (Å²) in [5.74, 6) is 0.176. The molecule has 0 fully saturated rings. The summed E-state index contributed by atoms with van der Waals surface area (Å²) >= 11 is 0. The van der Waals surface area contributed by atoms with E-state index in [1.807, 2.05) is 6.92 Å². The summed E-state index contributed by atoms with van der Waals surface area (Å²) in [4.78, 5) is 15.8. The molecule has 0 saturated carbocycles. The van der Waals surface area contributed by atoms with Gasteiger partial charge in [0.2, 0.25) is 0 Å². The average Bonchev–Trinajstić information content (AvgIpc) is 2.43. The van der Waals surface area contributed by atoms with Gasteiger partial charge in [0, 0.05) is 31.5 Å². The molecule has 1 rings (SSSR count). The normalized spacial score (nSPS) is 12.2. The van der Waals surface area contributed by atoms with Gasteiger partial charge in [0.05, 0.1) is 5.69 Å². The van der Waals surface area contributed by atoms with Crippen molar-refractivity contribution in [1.29, 1.82) is 0 Å². The van der Waals surface area contributed by atoms with Gasteiger partial charge in [0.25, 0.3) is 5.91 Å². The van der Waals surface area contributed by atoms with E-state index in [4.69, 9.17) is 10.8 Å². The van der Waals surface area contributed by atoms with Crippen LogP contribution in [0, 0.1) is 5.92 Å². The molecular weight excluding hydrogens is 230 g/mol. The SMILES string of the molecule is CC(CO)CCCNC(=O)c1ccnc(CN)c1. The zero-order valence-corrected chi connectivity index (χ0v) is 10.7. The van der Waals surface area contributed by atoms with E-state index in [0.717, 1.165) is 12.8 Å². The van der Waals surface area contributed by atoms with Crippen LogP contribution in [0.2, 0.25) is 0 Å². The van der Waals surface area contributed by atoms with Crippen LogP contribution in [0.3, 0.4) is 0 Å². The zero-order valence-electron chi connectivity index (χ0n) is 10.7. The third-order valence-electron chi connectivity index (χ3n) is 2.76. The summed E-state index contributed by atoms with van der Waals surface area (Å²) in [6.07, 6.45) is 3.36. The number of aliphatic hydroxyl groups is 1. The lowest BCUT2D eigenvalue weighted by Crippen LogP contribution is -2.25. The molecule has 0 spiro atoms. The van der Waals surface area contributed by atoms with Gasteiger partial charge in [0.1, 0.15) is 0 Å². The summed E-state index contributed by atoms with van der Waals surface area (Å²) in [5.41, 5.74) is 6.76. The topological polar surface area (TPSA) is 88.2 Å². The molecule has 1 amide bonds. The fourth-order valence-corrected chi connectivity index (χ4v) is 1.58. The van der Waals surface area contributed by atoms with E-state index in [-0.39, 0.29) is 18.4 Å². The van der Waals surface area contributed by atoms with Crippen LogP contribution >= 0.6 is 0 Å². The first-order chi connectivity index (χ1) is 8.67. The molecule has 4 N–H and O–H groups in total. The second-order valence-corrected chi connectivity index (χ2v) is 4.43. The molecule has 0 radical (unpaired) electrons. The molecule has 0 aromatic carbocycles. The Labute approximate surface area is 107 Å². The summed E-state index contributed by atoms with van der Waals surface area (Å²) in [6.45, 7) is 3.12. The summed E-state index contributed by atoms with van der Waals surface area (Å²) < 4.78 is 0. The van der Waals surface area contributed by atoms with E-state index in [1.54, 1.807) is 18.3 Å². The van der Waals surface area contributed by atoms with Gasteiger partial charge in [-0.2, -0.15) is 0 Å². The Morgan fingerprint density at radius 1 is 1.61 bits per heavy atom. The lowest BCUT2D eigenvalue weighted by Gasteiger charge is -2.08. The molecule has 1 aromatic rings. The number of nitrogens with zero attached hydrogens (tertiary/aromatic N) is 1. The van der Waals surface area contributed by atoms with Crippen molar-refractivity contribution in [2.24, 2.45) is 11.7 Å². The molecule has 0 bridgehead atoms. The summed E-state index contributed by atoms with van der Waals surface area (Å²) in [6, 6.07) is 3.37. The summed E-state index contributed by atoms with van der Waals surface area (Å²) in [5, 5.41) is 11.7. The van der Waals surface area contributed by atoms with Gasteiger partial charge in [0.15, 0.2) is 0 Å². The van der Waals surface area contributed by atoms with Crippen LogP contribution in [0.25, 0.3) is 0 Å². The zero-order chi connectivity index (χ0) is 13.4. The molecule has 0 aliphatic carbocycles. The minimum Gasteiger partial charge on any atom is -0.396 e. The maximum atomic E-state index is 11.8. The van der Waals surface area contributed by atoms with Crippen molar-refractivity contribution in [2.45, 2.75) is 26.3 Å². The number of carbonyl (C=O) groups is 1. The van der Waals surface area contributed by atoms with Crippen molar-refractivity contribution in [2.75, 3.05) is 13.2 Å². The molecule has 18 heavy (non-hydrogen) atoms. The molecule has 1 aromatic heterocycles. The highest BCUT2D eigenvalue weighted by atomic mass is 16.3. The van der Waals surface area contributed by atoms with Gasteiger partial charge in [-0.05, 0) is 30.9 Å². The molecule has 5 nitrogen and oxygen atoms in total. The van der Waals surface area contributed by atoms with Gasteiger partial charge < -0.3 is 16.2 Å². The monoisotopic (exact) mass is 251 g/mol. The Morgan fingerprint density at radius 3 is 3.06 bits per heavy atom. The minimum absolute atomic E-state index is 0.108. The van der Waals surface area contributed by atoms with E-state index in [2.05, 4.69) is 10.3 Å². The molecule has 1 unspecified atom stereocenters. The number of carbonyl (C=O) groups excluding carboxylic acids is 1. The maximum Gasteiger partial charge on any atom is 0.251 e.